The van der Waals surface area contributed by atoms with Crippen molar-refractivity contribution in [2.45, 2.75) is 12.7 Å². The summed E-state index contributed by atoms with van der Waals surface area (Å²) in [5.41, 5.74) is 8.80. The van der Waals surface area contributed by atoms with E-state index in [4.69, 9.17) is 10.8 Å². The topological polar surface area (TPSA) is 103 Å². The molecule has 10 heteroatoms. The largest absolute Gasteiger partial charge is 0.674 e. The van der Waals surface area contributed by atoms with E-state index in [0.29, 0.717) is 38.8 Å². The number of halogens is 4. The molecule has 0 spiro atoms. The molecule has 1 heterocycles. The van der Waals surface area contributed by atoms with E-state index < -0.39 is 23.6 Å². The van der Waals surface area contributed by atoms with Gasteiger partial charge in [-0.05, 0) is 59.2 Å². The first kappa shape index (κ1) is 28.9. The molecule has 6 nitrogen and oxygen atoms in total. The minimum absolute atomic E-state index is 0.0205. The molecule has 208 valence electrons. The lowest BCUT2D eigenvalue weighted by atomic mass is 9.98. The van der Waals surface area contributed by atoms with Gasteiger partial charge in [-0.1, -0.05) is 54.6 Å². The summed E-state index contributed by atoms with van der Waals surface area (Å²) in [5, 5.41) is 12.4. The number of hydrogen-bond acceptors (Lipinski definition) is 3. The van der Waals surface area contributed by atoms with Crippen LogP contribution >= 0.6 is 0 Å². The Hall–Kier alpha value is -5.09. The second-order valence-corrected chi connectivity index (χ2v) is 8.78. The molecule has 41 heavy (non-hydrogen) atoms. The number of aromatic carboxylic acids is 1. The highest BCUT2D eigenvalue weighted by Gasteiger charge is 2.30. The molecule has 0 aliphatic rings. The van der Waals surface area contributed by atoms with Crippen LogP contribution in [0.1, 0.15) is 31.8 Å². The zero-order valence-corrected chi connectivity index (χ0v) is 21.2. The van der Waals surface area contributed by atoms with E-state index in [1.165, 1.54) is 30.5 Å². The molecule has 0 radical (unpaired) electrons. The Bertz CT molecular complexity index is 1700. The minimum atomic E-state index is -4.44. The maximum atomic E-state index is 12.9. The number of alkyl halides is 3. The highest BCUT2D eigenvalue weighted by molar-refractivity contribution is 6.09. The van der Waals surface area contributed by atoms with Crippen LogP contribution in [0.15, 0.2) is 103 Å². The van der Waals surface area contributed by atoms with Gasteiger partial charge in [-0.15, -0.1) is 6.54 Å². The summed E-state index contributed by atoms with van der Waals surface area (Å²) in [6, 6.07) is 23.9. The van der Waals surface area contributed by atoms with E-state index >= 15 is 0 Å². The van der Waals surface area contributed by atoms with Gasteiger partial charge in [0.2, 0.25) is 0 Å². The number of pyridine rings is 1. The third-order valence-electron chi connectivity index (χ3n) is 6.03. The van der Waals surface area contributed by atoms with Crippen molar-refractivity contribution >= 4 is 28.5 Å². The fraction of sp³-hybridized carbons (Fsp3) is 0.0645. The Labute approximate surface area is 232 Å². The van der Waals surface area contributed by atoms with Crippen LogP contribution in [0, 0.1) is 5.82 Å². The predicted octanol–water partition coefficient (Wildman–Crippen LogP) is 8.25. The average Bonchev–Trinajstić information content (AvgIpc) is 2.97. The normalized spacial score (nSPS) is 11.0. The summed E-state index contributed by atoms with van der Waals surface area (Å²) in [7, 11) is 0. The van der Waals surface area contributed by atoms with Gasteiger partial charge in [0.1, 0.15) is 5.82 Å². The van der Waals surface area contributed by atoms with Gasteiger partial charge < -0.3 is 16.2 Å². The first-order chi connectivity index (χ1) is 19.6. The number of fused-ring (bicyclic) bond motifs is 1. The van der Waals surface area contributed by atoms with Crippen molar-refractivity contribution in [3.8, 4) is 11.1 Å². The average molecular weight is 561 g/mol. The minimum Gasteiger partial charge on any atom is -0.674 e. The number of carbonyl (C=O) groups excluding carboxylic acids is 1. The molecule has 3 N–H and O–H groups in total. The Morgan fingerprint density at radius 1 is 0.878 bits per heavy atom. The van der Waals surface area contributed by atoms with Crippen molar-refractivity contribution in [2.75, 3.05) is 5.32 Å². The van der Waals surface area contributed by atoms with E-state index in [9.17, 15) is 27.2 Å². The van der Waals surface area contributed by atoms with Crippen LogP contribution < -0.4 is 5.32 Å². The number of aromatic nitrogens is 1. The van der Waals surface area contributed by atoms with E-state index in [1.807, 2.05) is 0 Å². The number of anilines is 1. The molecule has 4 aromatic carbocycles. The van der Waals surface area contributed by atoms with Crippen molar-refractivity contribution in [3.05, 3.63) is 137 Å². The summed E-state index contributed by atoms with van der Waals surface area (Å²) in [6.45, 7) is 0.0205. The summed E-state index contributed by atoms with van der Waals surface area (Å²) in [5.74, 6) is -1.81. The van der Waals surface area contributed by atoms with Gasteiger partial charge in [-0.25, -0.2) is 9.18 Å². The fourth-order valence-corrected chi connectivity index (χ4v) is 3.93. The van der Waals surface area contributed by atoms with Gasteiger partial charge in [0.05, 0.1) is 16.6 Å². The molecule has 1 aromatic heterocycles. The van der Waals surface area contributed by atoms with Crippen LogP contribution in [0.4, 0.5) is 23.2 Å². The number of benzene rings is 4. The van der Waals surface area contributed by atoms with E-state index in [2.05, 4.69) is 10.3 Å². The van der Waals surface area contributed by atoms with Gasteiger partial charge in [-0.2, -0.15) is 13.2 Å². The number of nitrogens with one attached hydrogen (secondary N) is 2. The van der Waals surface area contributed by atoms with E-state index in [1.54, 1.807) is 60.7 Å². The number of amides is 1. The zero-order chi connectivity index (χ0) is 29.6. The van der Waals surface area contributed by atoms with Crippen LogP contribution in [0.25, 0.3) is 27.8 Å². The number of carboxylic acid groups (broad SMARTS) is 1. The molecular weight excluding hydrogens is 538 g/mol. The Kier molecular flexibility index (Phi) is 8.74. The van der Waals surface area contributed by atoms with Crippen LogP contribution in [0.3, 0.4) is 0 Å². The van der Waals surface area contributed by atoms with Gasteiger partial charge in [0.15, 0.2) is 0 Å². The first-order valence-corrected chi connectivity index (χ1v) is 12.2. The van der Waals surface area contributed by atoms with Crippen molar-refractivity contribution < 1.29 is 32.3 Å². The third kappa shape index (κ3) is 7.11. The quantitative estimate of drug-likeness (QED) is 0.211. The standard InChI is InChI=1S/C24H15F3N2O3.C7H7FN/c25-24(26,27)17-8-5-14(6-9-17)19-3-1-2-4-20(19)22(30)29-18-10-7-15-11-16(23(31)32)13-28-21(15)12-18;8-7-4-2-1-3-6(7)5-9/h1-13H,(H,29,30)(H,31,32);1-4,9H,5H2/q;-1. The van der Waals surface area contributed by atoms with Gasteiger partial charge in [-0.3, -0.25) is 9.78 Å². The fourth-order valence-electron chi connectivity index (χ4n) is 3.93. The number of carboxylic acids is 1. The summed E-state index contributed by atoms with van der Waals surface area (Å²) >= 11 is 0. The van der Waals surface area contributed by atoms with Gasteiger partial charge in [0.25, 0.3) is 5.91 Å². The summed E-state index contributed by atoms with van der Waals surface area (Å²) < 4.78 is 51.0. The summed E-state index contributed by atoms with van der Waals surface area (Å²) in [4.78, 5) is 28.1. The molecular formula is C31H22F4N3O3-. The Morgan fingerprint density at radius 2 is 1.56 bits per heavy atom. The van der Waals surface area contributed by atoms with Crippen LogP contribution in [-0.4, -0.2) is 22.0 Å². The molecule has 0 fully saturated rings. The third-order valence-corrected chi connectivity index (χ3v) is 6.03. The molecule has 0 aliphatic carbocycles. The molecule has 5 rings (SSSR count). The molecule has 5 aromatic rings. The zero-order valence-electron chi connectivity index (χ0n) is 21.2. The maximum Gasteiger partial charge on any atom is 0.416 e. The Balaban J connectivity index is 0.000000367. The van der Waals surface area contributed by atoms with Crippen LogP contribution in [-0.2, 0) is 12.7 Å². The van der Waals surface area contributed by atoms with Crippen LogP contribution in [0.5, 0.6) is 0 Å². The molecule has 0 bridgehead atoms. The van der Waals surface area contributed by atoms with Gasteiger partial charge >= 0.3 is 12.1 Å². The monoisotopic (exact) mass is 560 g/mol. The second kappa shape index (κ2) is 12.4. The second-order valence-electron chi connectivity index (χ2n) is 8.78. The Morgan fingerprint density at radius 3 is 2.20 bits per heavy atom. The lowest BCUT2D eigenvalue weighted by molar-refractivity contribution is -0.137. The highest BCUT2D eigenvalue weighted by Crippen LogP contribution is 2.32. The van der Waals surface area contributed by atoms with Crippen molar-refractivity contribution in [3.63, 3.8) is 0 Å². The molecule has 0 saturated heterocycles. The van der Waals surface area contributed by atoms with Crippen molar-refractivity contribution in [1.82, 2.24) is 4.98 Å². The predicted molar refractivity (Wildman–Crippen MR) is 148 cm³/mol. The van der Waals surface area contributed by atoms with Crippen molar-refractivity contribution in [2.24, 2.45) is 0 Å². The summed E-state index contributed by atoms with van der Waals surface area (Å²) in [6.07, 6.45) is -3.21. The van der Waals surface area contributed by atoms with Crippen LogP contribution in [0.2, 0.25) is 0 Å². The van der Waals surface area contributed by atoms with Gasteiger partial charge in [0, 0.05) is 22.8 Å². The molecule has 0 atom stereocenters. The number of nitrogens with zero attached hydrogens (tertiary/aromatic N) is 1. The maximum absolute atomic E-state index is 12.9. The first-order valence-electron chi connectivity index (χ1n) is 12.2. The number of carbonyl (C=O) groups is 2. The molecule has 0 saturated carbocycles. The number of rotatable bonds is 5. The van der Waals surface area contributed by atoms with Crippen molar-refractivity contribution in [1.29, 1.82) is 0 Å². The van der Waals surface area contributed by atoms with E-state index in [0.717, 1.165) is 12.1 Å². The molecule has 0 aliphatic heterocycles. The smallest absolute Gasteiger partial charge is 0.416 e. The lowest BCUT2D eigenvalue weighted by Gasteiger charge is -2.12. The van der Waals surface area contributed by atoms with E-state index in [-0.39, 0.29) is 17.9 Å². The highest BCUT2D eigenvalue weighted by atomic mass is 19.4. The molecule has 0 unspecified atom stereocenters. The lowest BCUT2D eigenvalue weighted by Crippen LogP contribution is -2.13. The SMILES string of the molecule is O=C(O)c1cnc2cc(NC(=O)c3ccccc3-c3ccc(C(F)(F)F)cc3)ccc2c1.[NH-]Cc1ccccc1F. The number of hydrogen-bond donors (Lipinski definition) is 2. The molecule has 1 amide bonds.